The monoisotopic (exact) mass is 260 g/mol. The standard InChI is InChI=1S/C13H16N4O2/c1-16-9-8-15-13(16)10-14-7-6-11-2-4-12(5-3-11)17(18)19/h2-5,8-9,14H,6-7,10H2,1H3. The summed E-state index contributed by atoms with van der Waals surface area (Å²) >= 11 is 0. The second-order valence-corrected chi connectivity index (χ2v) is 4.30. The highest BCUT2D eigenvalue weighted by molar-refractivity contribution is 5.32. The van der Waals surface area contributed by atoms with E-state index in [0.717, 1.165) is 30.9 Å². The summed E-state index contributed by atoms with van der Waals surface area (Å²) in [5.41, 5.74) is 1.21. The van der Waals surface area contributed by atoms with Crippen molar-refractivity contribution in [3.63, 3.8) is 0 Å². The number of nitrogens with zero attached hydrogens (tertiary/aromatic N) is 3. The molecule has 0 saturated carbocycles. The summed E-state index contributed by atoms with van der Waals surface area (Å²) in [4.78, 5) is 14.4. The molecule has 0 bridgehead atoms. The lowest BCUT2D eigenvalue weighted by atomic mass is 10.1. The van der Waals surface area contributed by atoms with E-state index in [9.17, 15) is 10.1 Å². The molecule has 100 valence electrons. The number of imidazole rings is 1. The van der Waals surface area contributed by atoms with E-state index in [0.29, 0.717) is 0 Å². The number of non-ortho nitro benzene ring substituents is 1. The van der Waals surface area contributed by atoms with Gasteiger partial charge in [0.1, 0.15) is 5.82 Å². The minimum atomic E-state index is -0.386. The number of nitro groups is 1. The molecule has 0 saturated heterocycles. The van der Waals surface area contributed by atoms with Gasteiger partial charge < -0.3 is 9.88 Å². The topological polar surface area (TPSA) is 73.0 Å². The van der Waals surface area contributed by atoms with E-state index in [1.807, 2.05) is 17.8 Å². The van der Waals surface area contributed by atoms with Gasteiger partial charge in [-0.25, -0.2) is 4.98 Å². The first-order valence-electron chi connectivity index (χ1n) is 6.07. The molecule has 0 aliphatic carbocycles. The maximum Gasteiger partial charge on any atom is 0.269 e. The molecule has 1 heterocycles. The van der Waals surface area contributed by atoms with Gasteiger partial charge in [0, 0.05) is 31.6 Å². The van der Waals surface area contributed by atoms with Gasteiger partial charge in [-0.15, -0.1) is 0 Å². The van der Waals surface area contributed by atoms with Gasteiger partial charge in [0.05, 0.1) is 11.5 Å². The summed E-state index contributed by atoms with van der Waals surface area (Å²) in [6.07, 6.45) is 4.52. The Labute approximate surface area is 111 Å². The number of nitro benzene ring substituents is 1. The average Bonchev–Trinajstić information content (AvgIpc) is 2.81. The Morgan fingerprint density at radius 2 is 2.11 bits per heavy atom. The highest BCUT2D eigenvalue weighted by Crippen LogP contribution is 2.11. The molecule has 0 unspecified atom stereocenters. The predicted molar refractivity (Wildman–Crippen MR) is 71.7 cm³/mol. The van der Waals surface area contributed by atoms with Crippen molar-refractivity contribution in [3.05, 3.63) is 58.2 Å². The van der Waals surface area contributed by atoms with Crippen LogP contribution in [0.5, 0.6) is 0 Å². The zero-order valence-electron chi connectivity index (χ0n) is 10.7. The van der Waals surface area contributed by atoms with Gasteiger partial charge in [-0.3, -0.25) is 10.1 Å². The van der Waals surface area contributed by atoms with Gasteiger partial charge in [-0.2, -0.15) is 0 Å². The molecule has 0 radical (unpaired) electrons. The molecule has 1 aromatic heterocycles. The first-order chi connectivity index (χ1) is 9.16. The largest absolute Gasteiger partial charge is 0.337 e. The summed E-state index contributed by atoms with van der Waals surface area (Å²) < 4.78 is 1.97. The molecule has 19 heavy (non-hydrogen) atoms. The van der Waals surface area contributed by atoms with E-state index in [1.54, 1.807) is 18.3 Å². The fraction of sp³-hybridized carbons (Fsp3) is 0.308. The Bertz CT molecular complexity index is 548. The van der Waals surface area contributed by atoms with Crippen LogP contribution in [-0.4, -0.2) is 21.0 Å². The van der Waals surface area contributed by atoms with E-state index in [4.69, 9.17) is 0 Å². The zero-order chi connectivity index (χ0) is 13.7. The second kappa shape index (κ2) is 6.10. The summed E-state index contributed by atoms with van der Waals surface area (Å²) in [7, 11) is 1.96. The number of aryl methyl sites for hydroxylation is 1. The normalized spacial score (nSPS) is 10.6. The summed E-state index contributed by atoms with van der Waals surface area (Å²) in [5, 5.41) is 13.8. The van der Waals surface area contributed by atoms with Crippen molar-refractivity contribution >= 4 is 5.69 Å². The van der Waals surface area contributed by atoms with Gasteiger partial charge in [0.15, 0.2) is 0 Å². The quantitative estimate of drug-likeness (QED) is 0.487. The van der Waals surface area contributed by atoms with Crippen LogP contribution in [0.1, 0.15) is 11.4 Å². The third-order valence-corrected chi connectivity index (χ3v) is 2.94. The number of hydrogen-bond donors (Lipinski definition) is 1. The maximum atomic E-state index is 10.5. The Morgan fingerprint density at radius 1 is 1.37 bits per heavy atom. The highest BCUT2D eigenvalue weighted by atomic mass is 16.6. The lowest BCUT2D eigenvalue weighted by Gasteiger charge is -2.05. The number of hydrogen-bond acceptors (Lipinski definition) is 4. The highest BCUT2D eigenvalue weighted by Gasteiger charge is 2.03. The minimum absolute atomic E-state index is 0.129. The lowest BCUT2D eigenvalue weighted by Crippen LogP contribution is -2.18. The molecule has 2 aromatic rings. The van der Waals surface area contributed by atoms with Gasteiger partial charge in [0.2, 0.25) is 0 Å². The third kappa shape index (κ3) is 3.62. The molecule has 2 rings (SSSR count). The third-order valence-electron chi connectivity index (χ3n) is 2.94. The smallest absolute Gasteiger partial charge is 0.269 e. The van der Waals surface area contributed by atoms with Crippen molar-refractivity contribution in [1.82, 2.24) is 14.9 Å². The molecule has 0 fully saturated rings. The van der Waals surface area contributed by atoms with E-state index in [-0.39, 0.29) is 10.6 Å². The van der Waals surface area contributed by atoms with Crippen LogP contribution in [0.25, 0.3) is 0 Å². The molecule has 0 amide bonds. The van der Waals surface area contributed by atoms with Crippen LogP contribution in [0.2, 0.25) is 0 Å². The van der Waals surface area contributed by atoms with E-state index in [2.05, 4.69) is 10.3 Å². The predicted octanol–water partition coefficient (Wildman–Crippen LogP) is 1.66. The van der Waals surface area contributed by atoms with Gasteiger partial charge in [-0.05, 0) is 18.5 Å². The first kappa shape index (κ1) is 13.2. The fourth-order valence-electron chi connectivity index (χ4n) is 1.78. The summed E-state index contributed by atoms with van der Waals surface area (Å²) in [6, 6.07) is 6.66. The van der Waals surface area contributed by atoms with Crippen LogP contribution >= 0.6 is 0 Å². The zero-order valence-corrected chi connectivity index (χ0v) is 10.7. The van der Waals surface area contributed by atoms with Crippen LogP contribution in [-0.2, 0) is 20.0 Å². The molecule has 0 spiro atoms. The molecular weight excluding hydrogens is 244 g/mol. The summed E-state index contributed by atoms with van der Waals surface area (Å²) in [5.74, 6) is 0.990. The fourth-order valence-corrected chi connectivity index (χ4v) is 1.78. The molecular formula is C13H16N4O2. The number of nitrogens with one attached hydrogen (secondary N) is 1. The van der Waals surface area contributed by atoms with Crippen LogP contribution in [0.3, 0.4) is 0 Å². The Balaban J connectivity index is 1.76. The molecule has 1 N–H and O–H groups in total. The molecule has 1 aromatic carbocycles. The first-order valence-corrected chi connectivity index (χ1v) is 6.07. The van der Waals surface area contributed by atoms with Crippen molar-refractivity contribution in [1.29, 1.82) is 0 Å². The molecule has 0 aliphatic heterocycles. The Hall–Kier alpha value is -2.21. The Morgan fingerprint density at radius 3 is 2.68 bits per heavy atom. The van der Waals surface area contributed by atoms with Gasteiger partial charge in [-0.1, -0.05) is 12.1 Å². The molecule has 0 atom stereocenters. The summed E-state index contributed by atoms with van der Waals surface area (Å²) in [6.45, 7) is 1.53. The van der Waals surface area contributed by atoms with E-state index in [1.165, 1.54) is 12.1 Å². The van der Waals surface area contributed by atoms with E-state index >= 15 is 0 Å². The minimum Gasteiger partial charge on any atom is -0.337 e. The molecule has 6 heteroatoms. The average molecular weight is 260 g/mol. The Kier molecular flexibility index (Phi) is 4.25. The van der Waals surface area contributed by atoms with Crippen molar-refractivity contribution in [2.45, 2.75) is 13.0 Å². The van der Waals surface area contributed by atoms with Crippen molar-refractivity contribution in [2.24, 2.45) is 7.05 Å². The van der Waals surface area contributed by atoms with Crippen LogP contribution in [0.15, 0.2) is 36.7 Å². The number of benzene rings is 1. The van der Waals surface area contributed by atoms with Crippen molar-refractivity contribution in [2.75, 3.05) is 6.54 Å². The van der Waals surface area contributed by atoms with Crippen LogP contribution in [0, 0.1) is 10.1 Å². The van der Waals surface area contributed by atoms with Gasteiger partial charge in [0.25, 0.3) is 5.69 Å². The SMILES string of the molecule is Cn1ccnc1CNCCc1ccc([N+](=O)[O-])cc1. The van der Waals surface area contributed by atoms with Crippen molar-refractivity contribution in [3.8, 4) is 0 Å². The second-order valence-electron chi connectivity index (χ2n) is 4.30. The van der Waals surface area contributed by atoms with Crippen molar-refractivity contribution < 1.29 is 4.92 Å². The lowest BCUT2D eigenvalue weighted by molar-refractivity contribution is -0.384. The molecule has 6 nitrogen and oxygen atoms in total. The van der Waals surface area contributed by atoms with Crippen LogP contribution in [0.4, 0.5) is 5.69 Å². The van der Waals surface area contributed by atoms with Gasteiger partial charge >= 0.3 is 0 Å². The number of rotatable bonds is 6. The molecule has 0 aliphatic rings. The van der Waals surface area contributed by atoms with E-state index < -0.39 is 0 Å². The van der Waals surface area contributed by atoms with Crippen LogP contribution < -0.4 is 5.32 Å². The maximum absolute atomic E-state index is 10.5. The number of aromatic nitrogens is 2.